The highest BCUT2D eigenvalue weighted by Crippen LogP contribution is 2.28. The van der Waals surface area contributed by atoms with E-state index in [9.17, 15) is 0 Å². The number of nitrogens with zero attached hydrogens (tertiary/aromatic N) is 7. The molecule has 2 atom stereocenters. The number of hydrogen-bond acceptors (Lipinski definition) is 8. The standard InChI is InChI=1S/C19H18ClN7O2/c1-11-8-26(10-15(28-11)19-25-24-12(2)29-19)17-5-6-21-18(23-17)14-7-22-16-4-3-13(20)9-27(14)16/h3-7,9,11,15H,8,10H2,1-2H3/t11-,15-/m1/s1. The Labute approximate surface area is 171 Å². The number of morpholine rings is 1. The number of rotatable bonds is 3. The molecule has 0 amide bonds. The summed E-state index contributed by atoms with van der Waals surface area (Å²) >= 11 is 6.15. The van der Waals surface area contributed by atoms with Gasteiger partial charge in [0.05, 0.1) is 23.9 Å². The van der Waals surface area contributed by atoms with Crippen LogP contribution in [0.5, 0.6) is 0 Å². The minimum atomic E-state index is -0.312. The molecule has 1 aliphatic heterocycles. The van der Waals surface area contributed by atoms with Crippen LogP contribution in [-0.4, -0.2) is 48.7 Å². The molecule has 148 valence electrons. The molecular weight excluding hydrogens is 394 g/mol. The van der Waals surface area contributed by atoms with E-state index in [2.05, 4.69) is 25.1 Å². The predicted octanol–water partition coefficient (Wildman–Crippen LogP) is 3.10. The van der Waals surface area contributed by atoms with Gasteiger partial charge >= 0.3 is 0 Å². The first-order chi connectivity index (χ1) is 14.1. The van der Waals surface area contributed by atoms with E-state index in [-0.39, 0.29) is 12.2 Å². The van der Waals surface area contributed by atoms with Crippen molar-refractivity contribution in [1.82, 2.24) is 29.5 Å². The van der Waals surface area contributed by atoms with Crippen molar-refractivity contribution in [3.63, 3.8) is 0 Å². The van der Waals surface area contributed by atoms with Gasteiger partial charge in [-0.3, -0.25) is 4.40 Å². The Morgan fingerprint density at radius 3 is 2.86 bits per heavy atom. The second-order valence-electron chi connectivity index (χ2n) is 6.96. The molecule has 5 rings (SSSR count). The molecule has 1 saturated heterocycles. The van der Waals surface area contributed by atoms with Crippen molar-refractivity contribution in [3.05, 3.63) is 53.6 Å². The Bertz CT molecular complexity index is 1170. The zero-order chi connectivity index (χ0) is 20.0. The summed E-state index contributed by atoms with van der Waals surface area (Å²) in [5, 5.41) is 8.63. The van der Waals surface area contributed by atoms with Gasteiger partial charge in [-0.05, 0) is 25.1 Å². The predicted molar refractivity (Wildman–Crippen MR) is 106 cm³/mol. The van der Waals surface area contributed by atoms with Crippen LogP contribution < -0.4 is 4.90 Å². The lowest BCUT2D eigenvalue weighted by Gasteiger charge is -2.36. The topological polar surface area (TPSA) is 94.5 Å². The van der Waals surface area contributed by atoms with E-state index >= 15 is 0 Å². The Hall–Kier alpha value is -3.04. The number of pyridine rings is 1. The Kier molecular flexibility index (Phi) is 4.40. The average molecular weight is 412 g/mol. The van der Waals surface area contributed by atoms with E-state index in [1.165, 1.54) is 0 Å². The van der Waals surface area contributed by atoms with Crippen LogP contribution in [0.2, 0.25) is 5.02 Å². The summed E-state index contributed by atoms with van der Waals surface area (Å²) < 4.78 is 13.4. The summed E-state index contributed by atoms with van der Waals surface area (Å²) in [6.45, 7) is 5.02. The first-order valence-corrected chi connectivity index (χ1v) is 9.61. The van der Waals surface area contributed by atoms with Crippen LogP contribution in [0, 0.1) is 6.92 Å². The molecule has 0 aromatic carbocycles. The fourth-order valence-corrected chi connectivity index (χ4v) is 3.65. The number of imidazole rings is 1. The zero-order valence-electron chi connectivity index (χ0n) is 15.9. The second kappa shape index (κ2) is 7.09. The molecular formula is C19H18ClN7O2. The van der Waals surface area contributed by atoms with E-state index in [0.717, 1.165) is 17.2 Å². The van der Waals surface area contributed by atoms with Gasteiger partial charge in [0, 0.05) is 25.9 Å². The first-order valence-electron chi connectivity index (χ1n) is 9.23. The summed E-state index contributed by atoms with van der Waals surface area (Å²) in [5.41, 5.74) is 1.56. The van der Waals surface area contributed by atoms with Crippen LogP contribution >= 0.6 is 11.6 Å². The van der Waals surface area contributed by atoms with Gasteiger partial charge in [0.1, 0.15) is 17.2 Å². The summed E-state index contributed by atoms with van der Waals surface area (Å²) in [7, 11) is 0. The maximum atomic E-state index is 6.15. The maximum absolute atomic E-state index is 6.15. The zero-order valence-corrected chi connectivity index (χ0v) is 16.6. The maximum Gasteiger partial charge on any atom is 0.247 e. The fraction of sp³-hybridized carbons (Fsp3) is 0.316. The molecule has 0 spiro atoms. The highest BCUT2D eigenvalue weighted by atomic mass is 35.5. The molecule has 0 N–H and O–H groups in total. The van der Waals surface area contributed by atoms with E-state index in [4.69, 9.17) is 25.7 Å². The van der Waals surface area contributed by atoms with Crippen molar-refractivity contribution in [2.24, 2.45) is 0 Å². The molecule has 0 radical (unpaired) electrons. The van der Waals surface area contributed by atoms with Crippen LogP contribution in [0.15, 0.2) is 41.2 Å². The number of ether oxygens (including phenoxy) is 1. The van der Waals surface area contributed by atoms with Gasteiger partial charge in [0.15, 0.2) is 11.9 Å². The van der Waals surface area contributed by atoms with Gasteiger partial charge in [0.25, 0.3) is 0 Å². The molecule has 0 aliphatic carbocycles. The third kappa shape index (κ3) is 3.43. The van der Waals surface area contributed by atoms with Crippen LogP contribution in [0.3, 0.4) is 0 Å². The quantitative estimate of drug-likeness (QED) is 0.507. The lowest BCUT2D eigenvalue weighted by Crippen LogP contribution is -2.43. The number of halogens is 1. The van der Waals surface area contributed by atoms with Crippen molar-refractivity contribution in [2.75, 3.05) is 18.0 Å². The minimum absolute atomic E-state index is 0.0195. The minimum Gasteiger partial charge on any atom is -0.423 e. The number of anilines is 1. The second-order valence-corrected chi connectivity index (χ2v) is 7.39. The van der Waals surface area contributed by atoms with Gasteiger partial charge < -0.3 is 14.1 Å². The van der Waals surface area contributed by atoms with Gasteiger partial charge in [-0.2, -0.15) is 0 Å². The average Bonchev–Trinajstić information content (AvgIpc) is 3.33. The SMILES string of the molecule is Cc1nnc([C@H]2CN(c3ccnc(-c4cnc5ccc(Cl)cn45)n3)C[C@@H](C)O2)o1. The molecule has 9 nitrogen and oxygen atoms in total. The summed E-state index contributed by atoms with van der Waals surface area (Å²) in [6.07, 6.45) is 4.96. The van der Waals surface area contributed by atoms with Crippen molar-refractivity contribution in [3.8, 4) is 11.5 Å². The van der Waals surface area contributed by atoms with Gasteiger partial charge in [0.2, 0.25) is 11.8 Å². The van der Waals surface area contributed by atoms with Crippen LogP contribution in [0.1, 0.15) is 24.8 Å². The first kappa shape index (κ1) is 18.0. The molecule has 5 heterocycles. The van der Waals surface area contributed by atoms with Crippen molar-refractivity contribution >= 4 is 23.1 Å². The van der Waals surface area contributed by atoms with E-state index in [1.807, 2.05) is 23.5 Å². The van der Waals surface area contributed by atoms with Gasteiger partial charge in [-0.25, -0.2) is 15.0 Å². The van der Waals surface area contributed by atoms with Crippen molar-refractivity contribution < 1.29 is 9.15 Å². The summed E-state index contributed by atoms with van der Waals surface area (Å²) in [6, 6.07) is 5.55. The molecule has 0 saturated carbocycles. The fourth-order valence-electron chi connectivity index (χ4n) is 3.49. The molecule has 0 unspecified atom stereocenters. The Balaban J connectivity index is 1.48. The summed E-state index contributed by atoms with van der Waals surface area (Å²) in [5.74, 6) is 2.36. The normalized spacial score (nSPS) is 19.8. The monoisotopic (exact) mass is 411 g/mol. The molecule has 10 heteroatoms. The van der Waals surface area contributed by atoms with E-state index in [1.54, 1.807) is 31.6 Å². The number of fused-ring (bicyclic) bond motifs is 1. The highest BCUT2D eigenvalue weighted by Gasteiger charge is 2.31. The highest BCUT2D eigenvalue weighted by molar-refractivity contribution is 6.30. The van der Waals surface area contributed by atoms with E-state index in [0.29, 0.717) is 35.7 Å². The number of aryl methyl sites for hydroxylation is 1. The summed E-state index contributed by atoms with van der Waals surface area (Å²) in [4.78, 5) is 15.8. The number of hydrogen-bond donors (Lipinski definition) is 0. The lowest BCUT2D eigenvalue weighted by atomic mass is 10.2. The largest absolute Gasteiger partial charge is 0.423 e. The molecule has 1 aliphatic rings. The third-order valence-electron chi connectivity index (χ3n) is 4.74. The lowest BCUT2D eigenvalue weighted by molar-refractivity contribution is -0.0313. The molecule has 4 aromatic heterocycles. The van der Waals surface area contributed by atoms with Gasteiger partial charge in [-0.1, -0.05) is 11.6 Å². The Morgan fingerprint density at radius 1 is 1.14 bits per heavy atom. The van der Waals surface area contributed by atoms with Crippen LogP contribution in [0.4, 0.5) is 5.82 Å². The van der Waals surface area contributed by atoms with Crippen LogP contribution in [-0.2, 0) is 4.74 Å². The van der Waals surface area contributed by atoms with Crippen molar-refractivity contribution in [1.29, 1.82) is 0 Å². The van der Waals surface area contributed by atoms with Crippen LogP contribution in [0.25, 0.3) is 17.2 Å². The molecule has 29 heavy (non-hydrogen) atoms. The van der Waals surface area contributed by atoms with Crippen molar-refractivity contribution in [2.45, 2.75) is 26.1 Å². The van der Waals surface area contributed by atoms with Gasteiger partial charge in [-0.15, -0.1) is 10.2 Å². The van der Waals surface area contributed by atoms with E-state index < -0.39 is 0 Å². The third-order valence-corrected chi connectivity index (χ3v) is 4.96. The molecule has 0 bridgehead atoms. The molecule has 1 fully saturated rings. The number of aromatic nitrogens is 6. The Morgan fingerprint density at radius 2 is 2.03 bits per heavy atom. The molecule has 4 aromatic rings. The smallest absolute Gasteiger partial charge is 0.247 e.